The van der Waals surface area contributed by atoms with E-state index in [1.807, 2.05) is 0 Å². The van der Waals surface area contributed by atoms with Crippen molar-refractivity contribution in [2.24, 2.45) is 0 Å². The number of likely N-dealkylation sites (tertiary alicyclic amines) is 1. The fraction of sp³-hybridized carbons (Fsp3) is 0.455. The summed E-state index contributed by atoms with van der Waals surface area (Å²) >= 11 is 5.85. The average molecular weight is 241 g/mol. The van der Waals surface area contributed by atoms with Gasteiger partial charge in [-0.2, -0.15) is 0 Å². The van der Waals surface area contributed by atoms with Gasteiger partial charge in [-0.15, -0.1) is 0 Å². The minimum Gasteiger partial charge on any atom is -0.391 e. The van der Waals surface area contributed by atoms with Gasteiger partial charge in [-0.1, -0.05) is 11.6 Å². The van der Waals surface area contributed by atoms with Crippen LogP contribution in [0.1, 0.15) is 23.2 Å². The van der Waals surface area contributed by atoms with E-state index in [-0.39, 0.29) is 11.1 Å². The molecule has 1 aliphatic rings. The molecule has 16 heavy (non-hydrogen) atoms. The quantitative estimate of drug-likeness (QED) is 0.754. The van der Waals surface area contributed by atoms with Gasteiger partial charge in [0.2, 0.25) is 0 Å². The molecular formula is C11H13ClN2O2. The molecule has 5 heteroatoms. The molecule has 2 rings (SSSR count). The maximum Gasteiger partial charge on any atom is 0.257 e. The number of carbonyl (C=O) groups excluding carboxylic acids is 1. The van der Waals surface area contributed by atoms with E-state index in [2.05, 4.69) is 4.98 Å². The number of aromatic nitrogens is 1. The Balaban J connectivity index is 2.16. The lowest BCUT2D eigenvalue weighted by atomic mass is 10.1. The molecule has 0 spiro atoms. The highest BCUT2D eigenvalue weighted by atomic mass is 35.5. The minimum atomic E-state index is -0.423. The summed E-state index contributed by atoms with van der Waals surface area (Å²) in [5.41, 5.74) is 0.401. The van der Waals surface area contributed by atoms with Gasteiger partial charge >= 0.3 is 0 Å². The third-order valence-corrected chi connectivity index (χ3v) is 2.97. The second kappa shape index (κ2) is 4.80. The monoisotopic (exact) mass is 240 g/mol. The SMILES string of the molecule is O=C(c1cccnc1Cl)N1CCCC(O)C1. The summed E-state index contributed by atoms with van der Waals surface area (Å²) in [6.07, 6.45) is 2.70. The van der Waals surface area contributed by atoms with E-state index in [4.69, 9.17) is 11.6 Å². The van der Waals surface area contributed by atoms with Crippen LogP contribution in [0.2, 0.25) is 5.15 Å². The van der Waals surface area contributed by atoms with Crippen LogP contribution in [0.4, 0.5) is 0 Å². The van der Waals surface area contributed by atoms with E-state index in [9.17, 15) is 9.90 Å². The Kier molecular flexibility index (Phi) is 3.41. The molecule has 1 N–H and O–H groups in total. The van der Waals surface area contributed by atoms with Crippen LogP contribution in [-0.2, 0) is 0 Å². The Labute approximate surface area is 98.9 Å². The van der Waals surface area contributed by atoms with Crippen LogP contribution >= 0.6 is 11.6 Å². The van der Waals surface area contributed by atoms with Crippen LogP contribution in [0.15, 0.2) is 18.3 Å². The van der Waals surface area contributed by atoms with Crippen molar-refractivity contribution in [1.29, 1.82) is 0 Å². The third kappa shape index (κ3) is 2.33. The molecule has 0 saturated carbocycles. The lowest BCUT2D eigenvalue weighted by Crippen LogP contribution is -2.42. The molecule has 1 aliphatic heterocycles. The lowest BCUT2D eigenvalue weighted by Gasteiger charge is -2.30. The number of nitrogens with zero attached hydrogens (tertiary/aromatic N) is 2. The van der Waals surface area contributed by atoms with Crippen molar-refractivity contribution in [3.8, 4) is 0 Å². The second-order valence-corrected chi connectivity index (χ2v) is 4.25. The molecule has 1 fully saturated rings. The predicted molar refractivity (Wildman–Crippen MR) is 60.4 cm³/mol. The predicted octanol–water partition coefficient (Wildman–Crippen LogP) is 1.33. The van der Waals surface area contributed by atoms with E-state index in [0.29, 0.717) is 18.7 Å². The van der Waals surface area contributed by atoms with Gasteiger partial charge in [-0.05, 0) is 25.0 Å². The summed E-state index contributed by atoms with van der Waals surface area (Å²) < 4.78 is 0. The van der Waals surface area contributed by atoms with Gasteiger partial charge in [0.25, 0.3) is 5.91 Å². The lowest BCUT2D eigenvalue weighted by molar-refractivity contribution is 0.0473. The van der Waals surface area contributed by atoms with Crippen LogP contribution < -0.4 is 0 Å². The average Bonchev–Trinajstić information content (AvgIpc) is 2.29. The number of halogens is 1. The molecule has 2 heterocycles. The third-order valence-electron chi connectivity index (χ3n) is 2.67. The van der Waals surface area contributed by atoms with Crippen molar-refractivity contribution < 1.29 is 9.90 Å². The zero-order valence-electron chi connectivity index (χ0n) is 8.77. The van der Waals surface area contributed by atoms with Crippen molar-refractivity contribution in [1.82, 2.24) is 9.88 Å². The van der Waals surface area contributed by atoms with Crippen LogP contribution in [0.25, 0.3) is 0 Å². The van der Waals surface area contributed by atoms with Crippen molar-refractivity contribution in [3.05, 3.63) is 29.0 Å². The molecule has 1 atom stereocenters. The molecule has 1 amide bonds. The van der Waals surface area contributed by atoms with E-state index >= 15 is 0 Å². The molecular weight excluding hydrogens is 228 g/mol. The molecule has 0 bridgehead atoms. The first kappa shape index (κ1) is 11.4. The van der Waals surface area contributed by atoms with Crippen molar-refractivity contribution in [2.45, 2.75) is 18.9 Å². The molecule has 0 radical (unpaired) electrons. The van der Waals surface area contributed by atoms with Gasteiger partial charge in [0.1, 0.15) is 5.15 Å². The number of β-amino-alcohol motifs (C(OH)–C–C–N with tert-alkyl or cyclic N) is 1. The summed E-state index contributed by atoms with van der Waals surface area (Å²) in [6.45, 7) is 1.05. The first-order chi connectivity index (χ1) is 7.68. The molecule has 1 unspecified atom stereocenters. The maximum atomic E-state index is 12.1. The second-order valence-electron chi connectivity index (χ2n) is 3.89. The smallest absolute Gasteiger partial charge is 0.257 e. The highest BCUT2D eigenvalue weighted by Gasteiger charge is 2.24. The van der Waals surface area contributed by atoms with Gasteiger partial charge in [-0.3, -0.25) is 4.79 Å². The molecule has 1 saturated heterocycles. The van der Waals surface area contributed by atoms with Crippen molar-refractivity contribution in [3.63, 3.8) is 0 Å². The summed E-state index contributed by atoms with van der Waals surface area (Å²) in [6, 6.07) is 3.33. The Morgan fingerprint density at radius 2 is 2.44 bits per heavy atom. The topological polar surface area (TPSA) is 53.4 Å². The maximum absolute atomic E-state index is 12.1. The number of aliphatic hydroxyl groups excluding tert-OH is 1. The van der Waals surface area contributed by atoms with Gasteiger partial charge in [0, 0.05) is 19.3 Å². The highest BCUT2D eigenvalue weighted by Crippen LogP contribution is 2.17. The number of piperidine rings is 1. The molecule has 1 aromatic heterocycles. The van der Waals surface area contributed by atoms with E-state index in [1.165, 1.54) is 0 Å². The van der Waals surface area contributed by atoms with Crippen LogP contribution in [0.5, 0.6) is 0 Å². The fourth-order valence-electron chi connectivity index (χ4n) is 1.86. The summed E-state index contributed by atoms with van der Waals surface area (Å²) in [5, 5.41) is 9.72. The molecule has 86 valence electrons. The first-order valence-corrected chi connectivity index (χ1v) is 5.64. The number of carbonyl (C=O) groups is 1. The number of amides is 1. The molecule has 4 nitrogen and oxygen atoms in total. The van der Waals surface area contributed by atoms with Gasteiger partial charge in [-0.25, -0.2) is 4.98 Å². The Morgan fingerprint density at radius 3 is 3.12 bits per heavy atom. The van der Waals surface area contributed by atoms with Gasteiger partial charge < -0.3 is 10.0 Å². The number of aliphatic hydroxyl groups is 1. The zero-order valence-corrected chi connectivity index (χ0v) is 9.52. The molecule has 1 aromatic rings. The van der Waals surface area contributed by atoms with Crippen LogP contribution in [0, 0.1) is 0 Å². The van der Waals surface area contributed by atoms with E-state index in [1.54, 1.807) is 23.2 Å². The van der Waals surface area contributed by atoms with Crippen molar-refractivity contribution in [2.75, 3.05) is 13.1 Å². The summed E-state index contributed by atoms with van der Waals surface area (Å²) in [7, 11) is 0. The van der Waals surface area contributed by atoms with Gasteiger partial charge in [0.15, 0.2) is 0 Å². The normalized spacial score (nSPS) is 20.9. The van der Waals surface area contributed by atoms with Crippen LogP contribution in [-0.4, -0.2) is 40.1 Å². The zero-order chi connectivity index (χ0) is 11.5. The fourth-order valence-corrected chi connectivity index (χ4v) is 2.06. The van der Waals surface area contributed by atoms with Gasteiger partial charge in [0.05, 0.1) is 11.7 Å². The molecule has 0 aromatic carbocycles. The van der Waals surface area contributed by atoms with Crippen LogP contribution in [0.3, 0.4) is 0 Å². The van der Waals surface area contributed by atoms with Crippen molar-refractivity contribution >= 4 is 17.5 Å². The standard InChI is InChI=1S/C11H13ClN2O2/c12-10-9(4-1-5-13-10)11(16)14-6-2-3-8(15)7-14/h1,4-5,8,15H,2-3,6-7H2. The largest absolute Gasteiger partial charge is 0.391 e. The first-order valence-electron chi connectivity index (χ1n) is 5.26. The summed E-state index contributed by atoms with van der Waals surface area (Å²) in [4.78, 5) is 17.5. The Morgan fingerprint density at radius 1 is 1.62 bits per heavy atom. The van der Waals surface area contributed by atoms with E-state index in [0.717, 1.165) is 12.8 Å². The number of hydrogen-bond donors (Lipinski definition) is 1. The number of pyridine rings is 1. The summed E-state index contributed by atoms with van der Waals surface area (Å²) in [5.74, 6) is -0.156. The Hall–Kier alpha value is -1.13. The van der Waals surface area contributed by atoms with E-state index < -0.39 is 6.10 Å². The number of hydrogen-bond acceptors (Lipinski definition) is 3. The number of rotatable bonds is 1. The Bertz CT molecular complexity index is 397. The molecule has 0 aliphatic carbocycles. The highest BCUT2D eigenvalue weighted by molar-refractivity contribution is 6.32. The minimum absolute atomic E-state index is 0.156.